The first-order valence-electron chi connectivity index (χ1n) is 9.33. The Labute approximate surface area is 149 Å². The van der Waals surface area contributed by atoms with Gasteiger partial charge in [0.25, 0.3) is 0 Å². The molecular weight excluding hydrogens is 308 g/mol. The zero-order valence-corrected chi connectivity index (χ0v) is 14.9. The van der Waals surface area contributed by atoms with Crippen LogP contribution in [0.5, 0.6) is 0 Å². The molecule has 1 saturated heterocycles. The summed E-state index contributed by atoms with van der Waals surface area (Å²) in [5.41, 5.74) is 6.02. The second kappa shape index (κ2) is 7.38. The van der Waals surface area contributed by atoms with E-state index in [-0.39, 0.29) is 0 Å². The van der Waals surface area contributed by atoms with Crippen molar-refractivity contribution in [3.8, 4) is 11.3 Å². The van der Waals surface area contributed by atoms with Crippen molar-refractivity contribution >= 4 is 5.65 Å². The monoisotopic (exact) mass is 334 g/mol. The maximum absolute atomic E-state index is 4.95. The van der Waals surface area contributed by atoms with E-state index in [0.29, 0.717) is 0 Å². The van der Waals surface area contributed by atoms with Crippen LogP contribution < -0.4 is 5.32 Å². The zero-order valence-electron chi connectivity index (χ0n) is 14.9. The Hall–Kier alpha value is -2.17. The van der Waals surface area contributed by atoms with Gasteiger partial charge in [-0.2, -0.15) is 0 Å². The van der Waals surface area contributed by atoms with Crippen LogP contribution in [0.25, 0.3) is 16.9 Å². The Bertz CT molecular complexity index is 827. The molecule has 0 saturated carbocycles. The molecule has 0 bridgehead atoms. The number of aromatic nitrogens is 2. The van der Waals surface area contributed by atoms with Gasteiger partial charge >= 0.3 is 0 Å². The average molecular weight is 334 g/mol. The first-order valence-corrected chi connectivity index (χ1v) is 9.33. The molecule has 0 spiro atoms. The van der Waals surface area contributed by atoms with Crippen molar-refractivity contribution in [1.29, 1.82) is 0 Å². The van der Waals surface area contributed by atoms with Crippen molar-refractivity contribution in [1.82, 2.24) is 19.6 Å². The molecule has 1 aliphatic heterocycles. The largest absolute Gasteiger partial charge is 0.315 e. The molecule has 1 aromatic carbocycles. The number of fused-ring (bicyclic) bond motifs is 1. The Morgan fingerprint density at radius 2 is 1.92 bits per heavy atom. The Kier molecular flexibility index (Phi) is 4.81. The Morgan fingerprint density at radius 3 is 2.76 bits per heavy atom. The average Bonchev–Trinajstić information content (AvgIpc) is 2.83. The summed E-state index contributed by atoms with van der Waals surface area (Å²) in [6.07, 6.45) is 4.41. The van der Waals surface area contributed by atoms with E-state index in [1.165, 1.54) is 23.2 Å². The van der Waals surface area contributed by atoms with Gasteiger partial charge in [0.1, 0.15) is 5.65 Å². The fourth-order valence-corrected chi connectivity index (χ4v) is 3.60. The van der Waals surface area contributed by atoms with Crippen LogP contribution in [0, 0.1) is 0 Å². The van der Waals surface area contributed by atoms with Gasteiger partial charge in [0.2, 0.25) is 0 Å². The van der Waals surface area contributed by atoms with Crippen molar-refractivity contribution in [2.75, 3.05) is 26.2 Å². The number of hydrogen-bond donors (Lipinski definition) is 1. The molecule has 1 fully saturated rings. The second-order valence-electron chi connectivity index (χ2n) is 6.77. The molecular formula is C21H26N4. The summed E-state index contributed by atoms with van der Waals surface area (Å²) < 4.78 is 2.25. The quantitative estimate of drug-likeness (QED) is 0.794. The maximum Gasteiger partial charge on any atom is 0.137 e. The molecule has 1 N–H and O–H groups in total. The molecule has 0 atom stereocenters. The molecule has 3 aromatic rings. The van der Waals surface area contributed by atoms with Gasteiger partial charge < -0.3 is 9.72 Å². The van der Waals surface area contributed by atoms with Crippen LogP contribution in [0.4, 0.5) is 0 Å². The van der Waals surface area contributed by atoms with Crippen LogP contribution >= 0.6 is 0 Å². The molecule has 25 heavy (non-hydrogen) atoms. The third kappa shape index (κ3) is 3.46. The first kappa shape index (κ1) is 16.3. The molecule has 4 nitrogen and oxygen atoms in total. The summed E-state index contributed by atoms with van der Waals surface area (Å²) in [6.45, 7) is 7.55. The van der Waals surface area contributed by atoms with Crippen molar-refractivity contribution in [3.63, 3.8) is 0 Å². The minimum atomic E-state index is 0.942. The number of rotatable bonds is 4. The summed E-state index contributed by atoms with van der Waals surface area (Å²) in [5.74, 6) is 0. The van der Waals surface area contributed by atoms with Gasteiger partial charge in [0, 0.05) is 31.4 Å². The summed E-state index contributed by atoms with van der Waals surface area (Å²) >= 11 is 0. The fraction of sp³-hybridized carbons (Fsp3) is 0.381. The molecule has 2 aromatic heterocycles. The van der Waals surface area contributed by atoms with Crippen LogP contribution in [0.3, 0.4) is 0 Å². The van der Waals surface area contributed by atoms with Crippen LogP contribution in [-0.4, -0.2) is 40.5 Å². The molecule has 3 heterocycles. The summed E-state index contributed by atoms with van der Waals surface area (Å²) in [7, 11) is 0. The smallest absolute Gasteiger partial charge is 0.137 e. The van der Waals surface area contributed by atoms with E-state index in [1.807, 2.05) is 0 Å². The molecule has 130 valence electrons. The number of benzene rings is 1. The van der Waals surface area contributed by atoms with Gasteiger partial charge in [-0.15, -0.1) is 0 Å². The van der Waals surface area contributed by atoms with E-state index in [9.17, 15) is 0 Å². The highest BCUT2D eigenvalue weighted by Gasteiger charge is 2.17. The Morgan fingerprint density at radius 1 is 1.04 bits per heavy atom. The fourth-order valence-electron chi connectivity index (χ4n) is 3.60. The number of aryl methyl sites for hydroxylation is 1. The molecule has 4 heteroatoms. The van der Waals surface area contributed by atoms with Gasteiger partial charge in [-0.3, -0.25) is 4.90 Å². The van der Waals surface area contributed by atoms with Crippen LogP contribution in [0.1, 0.15) is 24.6 Å². The maximum atomic E-state index is 4.95. The number of nitrogens with one attached hydrogen (secondary N) is 1. The van der Waals surface area contributed by atoms with E-state index in [2.05, 4.69) is 70.2 Å². The topological polar surface area (TPSA) is 32.6 Å². The van der Waals surface area contributed by atoms with Crippen molar-refractivity contribution in [2.45, 2.75) is 26.3 Å². The second-order valence-corrected chi connectivity index (χ2v) is 6.77. The third-order valence-electron chi connectivity index (χ3n) is 5.07. The standard InChI is InChI=1S/C21H26N4/c1-2-17-7-9-18(10-8-17)21-19(16-24-13-5-11-22-12-15-24)25-14-4-3-6-20(25)23-21/h3-4,6-10,14,22H,2,5,11-13,15-16H2,1H3. The first-order chi connectivity index (χ1) is 12.3. The number of imidazole rings is 1. The highest BCUT2D eigenvalue weighted by atomic mass is 15.2. The molecule has 0 radical (unpaired) electrons. The lowest BCUT2D eigenvalue weighted by atomic mass is 10.1. The van der Waals surface area contributed by atoms with Gasteiger partial charge in [-0.25, -0.2) is 4.98 Å². The predicted octanol–water partition coefficient (Wildman–Crippen LogP) is 3.36. The highest BCUT2D eigenvalue weighted by molar-refractivity contribution is 5.66. The van der Waals surface area contributed by atoms with E-state index < -0.39 is 0 Å². The van der Waals surface area contributed by atoms with Gasteiger partial charge in [-0.05, 0) is 43.6 Å². The minimum Gasteiger partial charge on any atom is -0.315 e. The lowest BCUT2D eigenvalue weighted by Crippen LogP contribution is -2.28. The van der Waals surface area contributed by atoms with Crippen LogP contribution in [0.2, 0.25) is 0 Å². The Balaban J connectivity index is 1.74. The van der Waals surface area contributed by atoms with Gasteiger partial charge in [0.15, 0.2) is 0 Å². The number of hydrogen-bond acceptors (Lipinski definition) is 3. The molecule has 0 amide bonds. The van der Waals surface area contributed by atoms with E-state index in [0.717, 1.165) is 50.5 Å². The summed E-state index contributed by atoms with van der Waals surface area (Å²) in [5, 5.41) is 3.49. The van der Waals surface area contributed by atoms with Crippen molar-refractivity contribution in [2.24, 2.45) is 0 Å². The lowest BCUT2D eigenvalue weighted by Gasteiger charge is -2.20. The number of nitrogens with zero attached hydrogens (tertiary/aromatic N) is 3. The highest BCUT2D eigenvalue weighted by Crippen LogP contribution is 2.26. The van der Waals surface area contributed by atoms with E-state index >= 15 is 0 Å². The third-order valence-corrected chi connectivity index (χ3v) is 5.07. The SMILES string of the molecule is CCc1ccc(-c2nc3ccccn3c2CN2CCCNCC2)cc1. The molecule has 4 rings (SSSR count). The zero-order chi connectivity index (χ0) is 17.1. The molecule has 0 unspecified atom stereocenters. The molecule has 0 aliphatic carbocycles. The van der Waals surface area contributed by atoms with Crippen molar-refractivity contribution in [3.05, 3.63) is 59.9 Å². The lowest BCUT2D eigenvalue weighted by molar-refractivity contribution is 0.281. The summed E-state index contributed by atoms with van der Waals surface area (Å²) in [4.78, 5) is 7.49. The molecule has 1 aliphatic rings. The van der Waals surface area contributed by atoms with Gasteiger partial charge in [-0.1, -0.05) is 37.3 Å². The minimum absolute atomic E-state index is 0.942. The van der Waals surface area contributed by atoms with Crippen molar-refractivity contribution < 1.29 is 0 Å². The van der Waals surface area contributed by atoms with Gasteiger partial charge in [0.05, 0.1) is 11.4 Å². The number of pyridine rings is 1. The summed E-state index contributed by atoms with van der Waals surface area (Å²) in [6, 6.07) is 15.1. The van der Waals surface area contributed by atoms with Crippen LogP contribution in [0.15, 0.2) is 48.7 Å². The van der Waals surface area contributed by atoms with E-state index in [1.54, 1.807) is 0 Å². The predicted molar refractivity (Wildman–Crippen MR) is 103 cm³/mol. The van der Waals surface area contributed by atoms with Crippen LogP contribution in [-0.2, 0) is 13.0 Å². The normalized spacial score (nSPS) is 16.2. The van der Waals surface area contributed by atoms with E-state index in [4.69, 9.17) is 4.98 Å².